The molecule has 8 nitrogen and oxygen atoms in total. The summed E-state index contributed by atoms with van der Waals surface area (Å²) in [5.74, 6) is -1.01. The second-order valence-electron chi connectivity index (χ2n) is 5.18. The van der Waals surface area contributed by atoms with Crippen molar-refractivity contribution in [2.45, 2.75) is 50.9 Å². The number of carbonyl (C=O) groups is 1. The van der Waals surface area contributed by atoms with Gasteiger partial charge in [0.1, 0.15) is 11.5 Å². The number of tetrazole rings is 1. The Kier molecular flexibility index (Phi) is 4.36. The first-order valence-corrected chi connectivity index (χ1v) is 8.50. The smallest absolute Gasteiger partial charge is 0.235 e. The summed E-state index contributed by atoms with van der Waals surface area (Å²) in [7, 11) is -3.56. The second-order valence-corrected chi connectivity index (χ2v) is 7.24. The minimum absolute atomic E-state index is 0.0329. The molecule has 1 amide bonds. The fourth-order valence-electron chi connectivity index (χ4n) is 1.78. The van der Waals surface area contributed by atoms with E-state index >= 15 is 0 Å². The summed E-state index contributed by atoms with van der Waals surface area (Å²) in [5.41, 5.74) is 0. The molecule has 1 fully saturated rings. The van der Waals surface area contributed by atoms with Gasteiger partial charge in [-0.3, -0.25) is 4.79 Å². The van der Waals surface area contributed by atoms with Gasteiger partial charge >= 0.3 is 0 Å². The van der Waals surface area contributed by atoms with Crippen molar-refractivity contribution in [1.29, 1.82) is 0 Å². The van der Waals surface area contributed by atoms with Gasteiger partial charge in [-0.05, 0) is 36.6 Å². The van der Waals surface area contributed by atoms with Gasteiger partial charge in [0.15, 0.2) is 15.7 Å². The summed E-state index contributed by atoms with van der Waals surface area (Å²) in [6.07, 6.45) is 2.69. The van der Waals surface area contributed by atoms with Gasteiger partial charge in [0.05, 0.1) is 6.04 Å². The summed E-state index contributed by atoms with van der Waals surface area (Å²) in [5, 5.41) is 13.7. The van der Waals surface area contributed by atoms with Gasteiger partial charge in [0.25, 0.3) is 0 Å². The average molecular weight is 301 g/mol. The third-order valence-electron chi connectivity index (χ3n) is 3.17. The highest BCUT2D eigenvalue weighted by Crippen LogP contribution is 2.34. The molecule has 1 atom stereocenters. The Morgan fingerprint density at radius 3 is 2.80 bits per heavy atom. The van der Waals surface area contributed by atoms with Crippen molar-refractivity contribution in [2.75, 3.05) is 5.75 Å². The number of rotatable bonds is 7. The molecule has 2 rings (SSSR count). The van der Waals surface area contributed by atoms with Crippen molar-refractivity contribution in [3.8, 4) is 0 Å². The van der Waals surface area contributed by atoms with Crippen LogP contribution in [0.5, 0.6) is 0 Å². The van der Waals surface area contributed by atoms with Crippen LogP contribution in [-0.2, 0) is 20.4 Å². The Labute approximate surface area is 117 Å². The zero-order valence-corrected chi connectivity index (χ0v) is 12.4. The summed E-state index contributed by atoms with van der Waals surface area (Å²) in [4.78, 5) is 11.6. The summed E-state index contributed by atoms with van der Waals surface area (Å²) >= 11 is 0. The molecule has 0 spiro atoms. The molecule has 1 saturated carbocycles. The highest BCUT2D eigenvalue weighted by Gasteiger charge is 2.30. The monoisotopic (exact) mass is 301 g/mol. The Balaban J connectivity index is 1.96. The van der Waals surface area contributed by atoms with Crippen LogP contribution < -0.4 is 5.32 Å². The number of sulfone groups is 1. The molecule has 1 aliphatic rings. The molecule has 0 aromatic carbocycles. The highest BCUT2D eigenvalue weighted by atomic mass is 32.2. The summed E-state index contributed by atoms with van der Waals surface area (Å²) in [6.45, 7) is 3.75. The molecule has 0 unspecified atom stereocenters. The molecule has 1 aromatic rings. The van der Waals surface area contributed by atoms with Gasteiger partial charge in [0.2, 0.25) is 5.91 Å². The molecule has 1 aliphatic carbocycles. The summed E-state index contributed by atoms with van der Waals surface area (Å²) in [6, 6.07) is 0.179. The number of aromatic nitrogens is 4. The number of carbonyl (C=O) groups excluding carboxylic acids is 1. The fraction of sp³-hybridized carbons (Fsp3) is 0.818. The maximum Gasteiger partial charge on any atom is 0.235 e. The molecule has 0 radical (unpaired) electrons. The van der Waals surface area contributed by atoms with E-state index in [9.17, 15) is 13.2 Å². The van der Waals surface area contributed by atoms with Crippen molar-refractivity contribution in [1.82, 2.24) is 25.5 Å². The average Bonchev–Trinajstić information content (AvgIpc) is 3.09. The van der Waals surface area contributed by atoms with Crippen molar-refractivity contribution >= 4 is 15.7 Å². The Hall–Kier alpha value is -1.51. The lowest BCUT2D eigenvalue weighted by Gasteiger charge is -2.11. The van der Waals surface area contributed by atoms with Gasteiger partial charge < -0.3 is 5.32 Å². The van der Waals surface area contributed by atoms with E-state index in [1.165, 1.54) is 0 Å². The Morgan fingerprint density at radius 1 is 1.50 bits per heavy atom. The number of hydrogen-bond donors (Lipinski definition) is 1. The SMILES string of the molecule is CC[C@H](C)NC(=O)CS(=O)(=O)Cc1nnnn1C1CC1. The maximum atomic E-state index is 12.0. The summed E-state index contributed by atoms with van der Waals surface area (Å²) < 4.78 is 25.6. The van der Waals surface area contributed by atoms with E-state index in [1.54, 1.807) is 4.68 Å². The topological polar surface area (TPSA) is 107 Å². The van der Waals surface area contributed by atoms with E-state index < -0.39 is 21.5 Å². The normalized spacial score (nSPS) is 16.9. The largest absolute Gasteiger partial charge is 0.353 e. The molecule has 0 bridgehead atoms. The molecule has 112 valence electrons. The quantitative estimate of drug-likeness (QED) is 0.750. The Bertz CT molecular complexity index is 579. The lowest BCUT2D eigenvalue weighted by Crippen LogP contribution is -2.36. The van der Waals surface area contributed by atoms with Gasteiger partial charge in [-0.2, -0.15) is 0 Å². The molecular formula is C11H19N5O3S. The van der Waals surface area contributed by atoms with Gasteiger partial charge in [-0.25, -0.2) is 13.1 Å². The molecule has 1 N–H and O–H groups in total. The molecule has 0 aliphatic heterocycles. The number of amides is 1. The molecule has 9 heteroatoms. The van der Waals surface area contributed by atoms with Crippen LogP contribution >= 0.6 is 0 Å². The standard InChI is InChI=1S/C11H19N5O3S/c1-3-8(2)12-11(17)7-20(18,19)6-10-13-14-15-16(10)9-4-5-9/h8-9H,3-7H2,1-2H3,(H,12,17)/t8-/m0/s1. The first-order chi connectivity index (χ1) is 9.41. The van der Waals surface area contributed by atoms with Crippen LogP contribution in [-0.4, -0.2) is 46.3 Å². The first-order valence-electron chi connectivity index (χ1n) is 6.68. The van der Waals surface area contributed by atoms with Crippen molar-refractivity contribution in [3.63, 3.8) is 0 Å². The van der Waals surface area contributed by atoms with Crippen molar-refractivity contribution in [3.05, 3.63) is 5.82 Å². The zero-order valence-electron chi connectivity index (χ0n) is 11.6. The Morgan fingerprint density at radius 2 is 2.20 bits per heavy atom. The minimum atomic E-state index is -3.56. The molecule has 0 saturated heterocycles. The van der Waals surface area contributed by atoms with Crippen LogP contribution in [0.15, 0.2) is 0 Å². The second kappa shape index (κ2) is 5.86. The van der Waals surface area contributed by atoms with Gasteiger partial charge in [0, 0.05) is 6.04 Å². The van der Waals surface area contributed by atoms with Crippen LogP contribution in [0.25, 0.3) is 0 Å². The van der Waals surface area contributed by atoms with E-state index in [2.05, 4.69) is 20.8 Å². The van der Waals surface area contributed by atoms with E-state index in [0.29, 0.717) is 5.82 Å². The minimum Gasteiger partial charge on any atom is -0.353 e. The van der Waals surface area contributed by atoms with E-state index in [4.69, 9.17) is 0 Å². The zero-order chi connectivity index (χ0) is 14.8. The number of nitrogens with zero attached hydrogens (tertiary/aromatic N) is 4. The van der Waals surface area contributed by atoms with Crippen LogP contribution in [0.3, 0.4) is 0 Å². The van der Waals surface area contributed by atoms with E-state index in [-0.39, 0.29) is 17.8 Å². The lowest BCUT2D eigenvalue weighted by atomic mass is 10.3. The number of hydrogen-bond acceptors (Lipinski definition) is 6. The molecule has 1 heterocycles. The van der Waals surface area contributed by atoms with Crippen LogP contribution in [0.1, 0.15) is 45.0 Å². The fourth-order valence-corrected chi connectivity index (χ4v) is 2.94. The maximum absolute atomic E-state index is 12.0. The molecule has 20 heavy (non-hydrogen) atoms. The van der Waals surface area contributed by atoms with Crippen molar-refractivity contribution in [2.24, 2.45) is 0 Å². The van der Waals surface area contributed by atoms with E-state index in [0.717, 1.165) is 19.3 Å². The van der Waals surface area contributed by atoms with Gasteiger partial charge in [-0.15, -0.1) is 5.10 Å². The predicted octanol–water partition coefficient (Wildman–Crippen LogP) is -0.163. The first kappa shape index (κ1) is 14.9. The van der Waals surface area contributed by atoms with E-state index in [1.807, 2.05) is 13.8 Å². The van der Waals surface area contributed by atoms with Crippen LogP contribution in [0.4, 0.5) is 0 Å². The lowest BCUT2D eigenvalue weighted by molar-refractivity contribution is -0.119. The predicted molar refractivity (Wildman–Crippen MR) is 71.5 cm³/mol. The molecular weight excluding hydrogens is 282 g/mol. The highest BCUT2D eigenvalue weighted by molar-refractivity contribution is 7.91. The third-order valence-corrected chi connectivity index (χ3v) is 4.57. The van der Waals surface area contributed by atoms with Crippen LogP contribution in [0, 0.1) is 0 Å². The number of nitrogens with one attached hydrogen (secondary N) is 1. The molecule has 1 aromatic heterocycles. The third kappa shape index (κ3) is 3.99. The van der Waals surface area contributed by atoms with Gasteiger partial charge in [-0.1, -0.05) is 6.92 Å². The van der Waals surface area contributed by atoms with Crippen LogP contribution in [0.2, 0.25) is 0 Å². The van der Waals surface area contributed by atoms with Crippen molar-refractivity contribution < 1.29 is 13.2 Å².